The zero-order valence-corrected chi connectivity index (χ0v) is 11.0. The largest absolute Gasteiger partial charge is 0.271 e. The molecule has 1 aliphatic rings. The molecule has 2 nitrogen and oxygen atoms in total. The Labute approximate surface area is 110 Å². The van der Waals surface area contributed by atoms with E-state index in [1.54, 1.807) is 0 Å². The molecule has 5 heteroatoms. The summed E-state index contributed by atoms with van der Waals surface area (Å²) in [6.45, 7) is 0. The molecule has 1 aromatic carbocycles. The number of hydrazine groups is 1. The number of rotatable bonds is 4. The fourth-order valence-corrected chi connectivity index (χ4v) is 3.63. The number of nitrogens with two attached hydrogens (primary N) is 1. The van der Waals surface area contributed by atoms with Crippen LogP contribution in [0.4, 0.5) is 8.78 Å². The van der Waals surface area contributed by atoms with Gasteiger partial charge in [0.1, 0.15) is 11.6 Å². The SMILES string of the molecule is NNC(CC1CCSCC1)c1c(F)cccc1F. The molecule has 0 aromatic heterocycles. The number of hydrogen-bond acceptors (Lipinski definition) is 3. The monoisotopic (exact) mass is 272 g/mol. The molecular formula is C13H18F2N2S. The molecule has 1 aliphatic heterocycles. The minimum Gasteiger partial charge on any atom is -0.271 e. The first-order valence-corrected chi connectivity index (χ1v) is 7.35. The Morgan fingerprint density at radius 3 is 2.44 bits per heavy atom. The minimum absolute atomic E-state index is 0.0678. The van der Waals surface area contributed by atoms with E-state index in [1.165, 1.54) is 18.2 Å². The summed E-state index contributed by atoms with van der Waals surface area (Å²) in [7, 11) is 0. The van der Waals surface area contributed by atoms with Crippen LogP contribution in [-0.4, -0.2) is 11.5 Å². The van der Waals surface area contributed by atoms with Crippen LogP contribution in [0.15, 0.2) is 18.2 Å². The normalized spacial score (nSPS) is 18.8. The van der Waals surface area contributed by atoms with Gasteiger partial charge in [0, 0.05) is 5.56 Å². The van der Waals surface area contributed by atoms with Crippen molar-refractivity contribution in [3.8, 4) is 0 Å². The Bertz CT molecular complexity index is 374. The number of benzene rings is 1. The van der Waals surface area contributed by atoms with Gasteiger partial charge < -0.3 is 0 Å². The summed E-state index contributed by atoms with van der Waals surface area (Å²) in [6.07, 6.45) is 2.88. The molecule has 0 bridgehead atoms. The molecule has 1 saturated heterocycles. The van der Waals surface area contributed by atoms with Crippen LogP contribution in [0.2, 0.25) is 0 Å². The Kier molecular flexibility index (Phi) is 4.97. The average Bonchev–Trinajstić information content (AvgIpc) is 2.38. The van der Waals surface area contributed by atoms with Gasteiger partial charge in [-0.15, -0.1) is 0 Å². The van der Waals surface area contributed by atoms with Crippen molar-refractivity contribution in [2.45, 2.75) is 25.3 Å². The number of thioether (sulfide) groups is 1. The van der Waals surface area contributed by atoms with Crippen molar-refractivity contribution < 1.29 is 8.78 Å². The van der Waals surface area contributed by atoms with Gasteiger partial charge in [-0.25, -0.2) is 8.78 Å². The first-order valence-electron chi connectivity index (χ1n) is 6.20. The predicted molar refractivity (Wildman–Crippen MR) is 71.1 cm³/mol. The molecule has 0 radical (unpaired) electrons. The fourth-order valence-electron chi connectivity index (χ4n) is 2.43. The lowest BCUT2D eigenvalue weighted by Crippen LogP contribution is -2.31. The van der Waals surface area contributed by atoms with Gasteiger partial charge in [0.05, 0.1) is 6.04 Å². The van der Waals surface area contributed by atoms with Crippen LogP contribution in [0.3, 0.4) is 0 Å². The van der Waals surface area contributed by atoms with E-state index in [4.69, 9.17) is 5.84 Å². The van der Waals surface area contributed by atoms with Crippen LogP contribution < -0.4 is 11.3 Å². The standard InChI is InChI=1S/C13H18F2N2S/c14-10-2-1-3-11(15)13(10)12(17-16)8-9-4-6-18-7-5-9/h1-3,9,12,17H,4-8,16H2. The molecule has 18 heavy (non-hydrogen) atoms. The van der Waals surface area contributed by atoms with Crippen molar-refractivity contribution in [1.82, 2.24) is 5.43 Å². The molecule has 0 amide bonds. The molecule has 1 atom stereocenters. The maximum atomic E-state index is 13.7. The van der Waals surface area contributed by atoms with Crippen LogP contribution in [0.25, 0.3) is 0 Å². The van der Waals surface area contributed by atoms with Gasteiger partial charge in [-0.3, -0.25) is 11.3 Å². The van der Waals surface area contributed by atoms with Crippen molar-refractivity contribution in [2.24, 2.45) is 11.8 Å². The summed E-state index contributed by atoms with van der Waals surface area (Å²) in [5, 5.41) is 0. The average molecular weight is 272 g/mol. The second-order valence-electron chi connectivity index (χ2n) is 4.65. The second-order valence-corrected chi connectivity index (χ2v) is 5.87. The Morgan fingerprint density at radius 1 is 1.28 bits per heavy atom. The number of nitrogens with one attached hydrogen (secondary N) is 1. The fraction of sp³-hybridized carbons (Fsp3) is 0.538. The third-order valence-electron chi connectivity index (χ3n) is 3.46. The highest BCUT2D eigenvalue weighted by atomic mass is 32.2. The van der Waals surface area contributed by atoms with E-state index in [0.29, 0.717) is 12.3 Å². The van der Waals surface area contributed by atoms with Crippen molar-refractivity contribution in [2.75, 3.05) is 11.5 Å². The van der Waals surface area contributed by atoms with E-state index in [2.05, 4.69) is 5.43 Å². The van der Waals surface area contributed by atoms with Crippen LogP contribution in [0.5, 0.6) is 0 Å². The number of halogens is 2. The molecule has 2 rings (SSSR count). The van der Waals surface area contributed by atoms with Crippen LogP contribution in [0.1, 0.15) is 30.9 Å². The summed E-state index contributed by atoms with van der Waals surface area (Å²) in [6, 6.07) is 3.48. The van der Waals surface area contributed by atoms with E-state index in [1.807, 2.05) is 11.8 Å². The molecule has 3 N–H and O–H groups in total. The second kappa shape index (κ2) is 6.50. The molecule has 1 unspecified atom stereocenters. The van der Waals surface area contributed by atoms with Crippen LogP contribution in [-0.2, 0) is 0 Å². The molecule has 0 aliphatic carbocycles. The van der Waals surface area contributed by atoms with Gasteiger partial charge in [0.2, 0.25) is 0 Å². The molecule has 1 aromatic rings. The third kappa shape index (κ3) is 3.22. The lowest BCUT2D eigenvalue weighted by molar-refractivity contribution is 0.357. The quantitative estimate of drug-likeness (QED) is 0.653. The summed E-state index contributed by atoms with van der Waals surface area (Å²) in [4.78, 5) is 0. The van der Waals surface area contributed by atoms with E-state index in [9.17, 15) is 8.78 Å². The maximum Gasteiger partial charge on any atom is 0.130 e. The molecule has 0 saturated carbocycles. The molecule has 1 heterocycles. The molecule has 1 fully saturated rings. The van der Waals surface area contributed by atoms with Gasteiger partial charge >= 0.3 is 0 Å². The van der Waals surface area contributed by atoms with Gasteiger partial charge in [0.25, 0.3) is 0 Å². The summed E-state index contributed by atoms with van der Waals surface area (Å²) in [5.74, 6) is 7.17. The summed E-state index contributed by atoms with van der Waals surface area (Å²) in [5.41, 5.74) is 2.63. The first-order chi connectivity index (χ1) is 8.72. The van der Waals surface area contributed by atoms with Crippen molar-refractivity contribution in [1.29, 1.82) is 0 Å². The summed E-state index contributed by atoms with van der Waals surface area (Å²) < 4.78 is 27.4. The first kappa shape index (κ1) is 13.8. The highest BCUT2D eigenvalue weighted by Gasteiger charge is 2.24. The van der Waals surface area contributed by atoms with Crippen molar-refractivity contribution in [3.63, 3.8) is 0 Å². The molecule has 0 spiro atoms. The third-order valence-corrected chi connectivity index (χ3v) is 4.51. The van der Waals surface area contributed by atoms with Crippen LogP contribution >= 0.6 is 11.8 Å². The highest BCUT2D eigenvalue weighted by Crippen LogP contribution is 2.32. The minimum atomic E-state index is -0.525. The van der Waals surface area contributed by atoms with Crippen molar-refractivity contribution >= 4 is 11.8 Å². The van der Waals surface area contributed by atoms with E-state index in [-0.39, 0.29) is 5.56 Å². The lowest BCUT2D eigenvalue weighted by Gasteiger charge is -2.26. The maximum absolute atomic E-state index is 13.7. The van der Waals surface area contributed by atoms with E-state index < -0.39 is 17.7 Å². The van der Waals surface area contributed by atoms with Crippen LogP contribution in [0, 0.1) is 17.6 Å². The van der Waals surface area contributed by atoms with Gasteiger partial charge in [0.15, 0.2) is 0 Å². The van der Waals surface area contributed by atoms with Crippen molar-refractivity contribution in [3.05, 3.63) is 35.4 Å². The van der Waals surface area contributed by atoms with Gasteiger partial charge in [-0.1, -0.05) is 6.07 Å². The zero-order chi connectivity index (χ0) is 13.0. The number of hydrogen-bond donors (Lipinski definition) is 2. The molecule has 100 valence electrons. The Balaban J connectivity index is 2.12. The van der Waals surface area contributed by atoms with Gasteiger partial charge in [-0.05, 0) is 48.8 Å². The zero-order valence-electron chi connectivity index (χ0n) is 10.2. The highest BCUT2D eigenvalue weighted by molar-refractivity contribution is 7.99. The topological polar surface area (TPSA) is 38.0 Å². The lowest BCUT2D eigenvalue weighted by atomic mass is 9.90. The Hall–Kier alpha value is -0.650. The van der Waals surface area contributed by atoms with E-state index >= 15 is 0 Å². The van der Waals surface area contributed by atoms with Gasteiger partial charge in [-0.2, -0.15) is 11.8 Å². The molecular weight excluding hydrogens is 254 g/mol. The predicted octanol–water partition coefficient (Wildman–Crippen LogP) is 3.00. The van der Waals surface area contributed by atoms with E-state index in [0.717, 1.165) is 24.3 Å². The Morgan fingerprint density at radius 2 is 1.89 bits per heavy atom. The smallest absolute Gasteiger partial charge is 0.130 e. The summed E-state index contributed by atoms with van der Waals surface area (Å²) >= 11 is 1.94.